The van der Waals surface area contributed by atoms with Crippen LogP contribution in [0.4, 0.5) is 8.78 Å². The van der Waals surface area contributed by atoms with Crippen molar-refractivity contribution in [3.63, 3.8) is 0 Å². The molecule has 0 aromatic heterocycles. The molecule has 5 heteroatoms. The molecule has 118 valence electrons. The molecule has 0 atom stereocenters. The summed E-state index contributed by atoms with van der Waals surface area (Å²) in [6, 6.07) is 3.45. The highest BCUT2D eigenvalue weighted by molar-refractivity contribution is 8.06. The van der Waals surface area contributed by atoms with Gasteiger partial charge in [-0.25, -0.2) is 8.78 Å². The van der Waals surface area contributed by atoms with Crippen molar-refractivity contribution >= 4 is 17.5 Å². The van der Waals surface area contributed by atoms with E-state index in [1.165, 1.54) is 23.9 Å². The molecule has 0 bridgehead atoms. The first-order chi connectivity index (χ1) is 10.5. The summed E-state index contributed by atoms with van der Waals surface area (Å²) in [5, 5.41) is 0.733. The summed E-state index contributed by atoms with van der Waals surface area (Å²) in [4.78, 5) is 15.4. The molecule has 2 rings (SSSR count). The van der Waals surface area contributed by atoms with Gasteiger partial charge in [0.2, 0.25) is 0 Å². The number of nitrogens with zero attached hydrogens (tertiary/aromatic N) is 1. The topological polar surface area (TPSA) is 20.3 Å². The maximum absolute atomic E-state index is 13.7. The molecule has 0 N–H and O–H groups in total. The normalized spacial score (nSPS) is 16.8. The van der Waals surface area contributed by atoms with E-state index < -0.39 is 23.0 Å². The molecule has 0 aliphatic carbocycles. The monoisotopic (exact) mass is 323 g/mol. The van der Waals surface area contributed by atoms with Crippen LogP contribution >= 0.6 is 11.8 Å². The lowest BCUT2D eigenvalue weighted by Crippen LogP contribution is -2.18. The Hall–Kier alpha value is -1.62. The largest absolute Gasteiger partial charge is 0.339 e. The maximum atomic E-state index is 13.7. The van der Waals surface area contributed by atoms with Gasteiger partial charge in [0.1, 0.15) is 11.6 Å². The van der Waals surface area contributed by atoms with E-state index in [9.17, 15) is 13.6 Å². The van der Waals surface area contributed by atoms with Crippen LogP contribution in [-0.4, -0.2) is 17.2 Å². The van der Waals surface area contributed by atoms with Gasteiger partial charge in [-0.3, -0.25) is 4.79 Å². The number of rotatable bonds is 5. The SMILES string of the molecule is CCCCN1C(=CC(=O)c2c(F)cccc2F)SC(C)=C1C. The summed E-state index contributed by atoms with van der Waals surface area (Å²) in [6.07, 6.45) is 3.36. The first-order valence-electron chi connectivity index (χ1n) is 7.28. The van der Waals surface area contributed by atoms with Crippen LogP contribution in [-0.2, 0) is 0 Å². The predicted molar refractivity (Wildman–Crippen MR) is 86.4 cm³/mol. The molecule has 2 nitrogen and oxygen atoms in total. The van der Waals surface area contributed by atoms with E-state index in [0.717, 1.165) is 47.2 Å². The summed E-state index contributed by atoms with van der Waals surface area (Å²) in [7, 11) is 0. The van der Waals surface area contributed by atoms with Crippen molar-refractivity contribution in [3.05, 3.63) is 57.1 Å². The third-order valence-electron chi connectivity index (χ3n) is 3.64. The first kappa shape index (κ1) is 16.7. The highest BCUT2D eigenvalue weighted by Gasteiger charge is 2.24. The lowest BCUT2D eigenvalue weighted by atomic mass is 10.1. The zero-order valence-corrected chi connectivity index (χ0v) is 13.8. The second kappa shape index (κ2) is 7.09. The van der Waals surface area contributed by atoms with Crippen molar-refractivity contribution in [2.24, 2.45) is 0 Å². The van der Waals surface area contributed by atoms with Crippen molar-refractivity contribution in [3.8, 4) is 0 Å². The minimum atomic E-state index is -0.827. The van der Waals surface area contributed by atoms with Crippen molar-refractivity contribution in [2.45, 2.75) is 33.6 Å². The number of hydrogen-bond acceptors (Lipinski definition) is 3. The van der Waals surface area contributed by atoms with Crippen LogP contribution in [0.2, 0.25) is 0 Å². The number of unbranched alkanes of at least 4 members (excludes halogenated alkanes) is 1. The van der Waals surface area contributed by atoms with E-state index in [-0.39, 0.29) is 0 Å². The van der Waals surface area contributed by atoms with Crippen LogP contribution < -0.4 is 0 Å². The van der Waals surface area contributed by atoms with Crippen LogP contribution in [0.5, 0.6) is 0 Å². The van der Waals surface area contributed by atoms with Gasteiger partial charge in [0, 0.05) is 23.2 Å². The van der Waals surface area contributed by atoms with E-state index in [4.69, 9.17) is 0 Å². The Bertz CT molecular complexity index is 632. The number of ketones is 1. The summed E-state index contributed by atoms with van der Waals surface area (Å²) in [6.45, 7) is 6.87. The van der Waals surface area contributed by atoms with Gasteiger partial charge in [-0.05, 0) is 32.4 Å². The lowest BCUT2D eigenvalue weighted by Gasteiger charge is -2.21. The average molecular weight is 323 g/mol. The number of allylic oxidation sites excluding steroid dienone is 3. The Morgan fingerprint density at radius 2 is 1.91 bits per heavy atom. The van der Waals surface area contributed by atoms with E-state index in [1.807, 2.05) is 18.7 Å². The van der Waals surface area contributed by atoms with Gasteiger partial charge < -0.3 is 4.90 Å². The zero-order chi connectivity index (χ0) is 16.3. The van der Waals surface area contributed by atoms with E-state index >= 15 is 0 Å². The van der Waals surface area contributed by atoms with Crippen molar-refractivity contribution in [1.82, 2.24) is 4.90 Å². The smallest absolute Gasteiger partial charge is 0.194 e. The molecule has 0 spiro atoms. The van der Waals surface area contributed by atoms with Gasteiger partial charge in [0.05, 0.1) is 10.6 Å². The molecular weight excluding hydrogens is 304 g/mol. The number of halogens is 2. The zero-order valence-electron chi connectivity index (χ0n) is 13.0. The van der Waals surface area contributed by atoms with E-state index in [1.54, 1.807) is 0 Å². The van der Waals surface area contributed by atoms with Gasteiger partial charge in [-0.1, -0.05) is 31.2 Å². The Labute approximate surface area is 133 Å². The maximum Gasteiger partial charge on any atom is 0.194 e. The van der Waals surface area contributed by atoms with Gasteiger partial charge in [0.25, 0.3) is 0 Å². The molecule has 1 aromatic rings. The molecule has 0 radical (unpaired) electrons. The average Bonchev–Trinajstić information content (AvgIpc) is 2.71. The quantitative estimate of drug-likeness (QED) is 0.556. The Morgan fingerprint density at radius 3 is 2.50 bits per heavy atom. The van der Waals surface area contributed by atoms with Crippen molar-refractivity contribution < 1.29 is 13.6 Å². The minimum Gasteiger partial charge on any atom is -0.339 e. The molecule has 0 unspecified atom stereocenters. The molecule has 1 aliphatic rings. The number of carbonyl (C=O) groups excluding carboxylic acids is 1. The number of hydrogen-bond donors (Lipinski definition) is 0. The van der Waals surface area contributed by atoms with Crippen molar-refractivity contribution in [1.29, 1.82) is 0 Å². The highest BCUT2D eigenvalue weighted by atomic mass is 32.2. The fourth-order valence-corrected chi connectivity index (χ4v) is 3.34. The van der Waals surface area contributed by atoms with E-state index in [0.29, 0.717) is 0 Å². The van der Waals surface area contributed by atoms with Crippen LogP contribution in [0.25, 0.3) is 0 Å². The fraction of sp³-hybridized carbons (Fsp3) is 0.353. The van der Waals surface area contributed by atoms with Crippen LogP contribution in [0.1, 0.15) is 44.0 Å². The first-order valence-corrected chi connectivity index (χ1v) is 8.10. The Balaban J connectivity index is 2.30. The molecule has 0 saturated carbocycles. The molecule has 1 heterocycles. The Morgan fingerprint density at radius 1 is 1.27 bits per heavy atom. The molecule has 1 aromatic carbocycles. The Kier molecular flexibility index (Phi) is 5.40. The van der Waals surface area contributed by atoms with Crippen LogP contribution in [0, 0.1) is 11.6 Å². The number of carbonyl (C=O) groups is 1. The van der Waals surface area contributed by atoms with Crippen LogP contribution in [0.15, 0.2) is 39.9 Å². The summed E-state index contributed by atoms with van der Waals surface area (Å²) in [5.74, 6) is -2.29. The molecule has 22 heavy (non-hydrogen) atoms. The van der Waals surface area contributed by atoms with Gasteiger partial charge in [-0.2, -0.15) is 0 Å². The van der Waals surface area contributed by atoms with Gasteiger partial charge in [-0.15, -0.1) is 0 Å². The summed E-state index contributed by atoms with van der Waals surface area (Å²) in [5.41, 5.74) is 0.597. The minimum absolute atomic E-state index is 0.492. The summed E-state index contributed by atoms with van der Waals surface area (Å²) < 4.78 is 27.4. The molecular formula is C17H19F2NOS. The standard InChI is InChI=1S/C17H19F2NOS/c1-4-5-9-20-11(2)12(3)22-16(20)10-15(21)17-13(18)7-6-8-14(17)19/h6-8,10H,4-5,9H2,1-3H3. The third-order valence-corrected chi connectivity index (χ3v) is 4.79. The molecule has 0 saturated heterocycles. The lowest BCUT2D eigenvalue weighted by molar-refractivity contribution is 0.103. The van der Waals surface area contributed by atoms with Crippen molar-refractivity contribution in [2.75, 3.05) is 6.54 Å². The second-order valence-corrected chi connectivity index (χ2v) is 6.43. The predicted octanol–water partition coefficient (Wildman–Crippen LogP) is 5.09. The van der Waals surface area contributed by atoms with Crippen LogP contribution in [0.3, 0.4) is 0 Å². The van der Waals surface area contributed by atoms with E-state index in [2.05, 4.69) is 6.92 Å². The fourth-order valence-electron chi connectivity index (χ4n) is 2.26. The number of benzene rings is 1. The third kappa shape index (κ3) is 3.40. The number of thioether (sulfide) groups is 1. The van der Waals surface area contributed by atoms with Gasteiger partial charge in [0.15, 0.2) is 5.78 Å². The molecule has 1 aliphatic heterocycles. The second-order valence-electron chi connectivity index (χ2n) is 5.19. The molecule has 0 fully saturated rings. The molecule has 0 amide bonds. The summed E-state index contributed by atoms with van der Waals surface area (Å²) >= 11 is 1.47. The van der Waals surface area contributed by atoms with Gasteiger partial charge >= 0.3 is 0 Å². The highest BCUT2D eigenvalue weighted by Crippen LogP contribution is 2.40.